The fourth-order valence-electron chi connectivity index (χ4n) is 4.87. The van der Waals surface area contributed by atoms with E-state index in [2.05, 4.69) is 13.8 Å². The molecule has 0 saturated carbocycles. The van der Waals surface area contributed by atoms with Gasteiger partial charge in [0.15, 0.2) is 17.7 Å². The standard InChI is InChI=1S/C28H42O5/c1-4-7-9-11-13-15-20-33-27(32)26(31)28(19-14-12-10-8-5-2)24(29)22-18-16-17-21(6-3)23(22)25(28)30/h16-18,26,31H,4-15,19-20H2,1-3H3. The first-order valence-electron chi connectivity index (χ1n) is 13.0. The van der Waals surface area contributed by atoms with E-state index >= 15 is 0 Å². The third-order valence-corrected chi connectivity index (χ3v) is 6.92. The number of rotatable bonds is 16. The molecule has 1 aromatic rings. The predicted molar refractivity (Wildman–Crippen MR) is 131 cm³/mol. The number of hydrogen-bond acceptors (Lipinski definition) is 5. The fraction of sp³-hybridized carbons (Fsp3) is 0.679. The first kappa shape index (κ1) is 27.2. The Morgan fingerprint density at radius 2 is 1.48 bits per heavy atom. The van der Waals surface area contributed by atoms with E-state index in [1.165, 1.54) is 12.8 Å². The van der Waals surface area contributed by atoms with E-state index in [1.807, 2.05) is 13.0 Å². The van der Waals surface area contributed by atoms with Crippen molar-refractivity contribution in [2.75, 3.05) is 6.61 Å². The number of unbranched alkanes of at least 4 members (excludes halogenated alkanes) is 9. The Bertz CT molecular complexity index is 799. The Balaban J connectivity index is 2.16. The van der Waals surface area contributed by atoms with Gasteiger partial charge >= 0.3 is 5.97 Å². The normalized spacial score (nSPS) is 18.4. The number of ketones is 2. The highest BCUT2D eigenvalue weighted by Crippen LogP contribution is 2.45. The van der Waals surface area contributed by atoms with Crippen LogP contribution in [-0.4, -0.2) is 35.4 Å². The number of benzene rings is 1. The van der Waals surface area contributed by atoms with Crippen molar-refractivity contribution in [2.45, 2.75) is 110 Å². The van der Waals surface area contributed by atoms with Gasteiger partial charge in [-0.2, -0.15) is 0 Å². The molecule has 33 heavy (non-hydrogen) atoms. The van der Waals surface area contributed by atoms with Gasteiger partial charge in [-0.05, 0) is 24.8 Å². The van der Waals surface area contributed by atoms with Crippen LogP contribution in [0.2, 0.25) is 0 Å². The van der Waals surface area contributed by atoms with E-state index in [9.17, 15) is 19.5 Å². The number of fused-ring (bicyclic) bond motifs is 1. The summed E-state index contributed by atoms with van der Waals surface area (Å²) in [6.45, 7) is 6.42. The highest BCUT2D eigenvalue weighted by Gasteiger charge is 2.60. The van der Waals surface area contributed by atoms with Crippen molar-refractivity contribution in [1.29, 1.82) is 0 Å². The molecule has 0 aromatic heterocycles. The molecule has 0 spiro atoms. The SMILES string of the molecule is CCCCCCCCOC(=O)C(O)C1(CCCCCCC)C(=O)c2cccc(CC)c2C1=O. The van der Waals surface area contributed by atoms with Crippen LogP contribution in [0, 0.1) is 5.41 Å². The lowest BCUT2D eigenvalue weighted by molar-refractivity contribution is -0.158. The minimum absolute atomic E-state index is 0.166. The van der Waals surface area contributed by atoms with Gasteiger partial charge in [0.05, 0.1) is 6.61 Å². The lowest BCUT2D eigenvalue weighted by Crippen LogP contribution is -2.49. The number of hydrogen-bond donors (Lipinski definition) is 1. The molecule has 0 fully saturated rings. The summed E-state index contributed by atoms with van der Waals surface area (Å²) in [6.07, 6.45) is 9.91. The maximum atomic E-state index is 13.7. The molecule has 2 atom stereocenters. The molecule has 1 aromatic carbocycles. The number of esters is 1. The molecule has 0 bridgehead atoms. The van der Waals surface area contributed by atoms with Crippen LogP contribution < -0.4 is 0 Å². The van der Waals surface area contributed by atoms with E-state index < -0.39 is 29.1 Å². The smallest absolute Gasteiger partial charge is 0.336 e. The second-order valence-electron chi connectivity index (χ2n) is 9.32. The van der Waals surface area contributed by atoms with Gasteiger partial charge < -0.3 is 9.84 Å². The van der Waals surface area contributed by atoms with Gasteiger partial charge in [-0.15, -0.1) is 0 Å². The van der Waals surface area contributed by atoms with E-state index in [4.69, 9.17) is 4.74 Å². The quantitative estimate of drug-likeness (QED) is 0.180. The summed E-state index contributed by atoms with van der Waals surface area (Å²) in [5.41, 5.74) is -0.277. The highest BCUT2D eigenvalue weighted by molar-refractivity contribution is 6.31. The molecule has 1 aliphatic carbocycles. The molecule has 0 amide bonds. The van der Waals surface area contributed by atoms with Crippen LogP contribution in [0.1, 0.15) is 124 Å². The molecule has 2 unspecified atom stereocenters. The van der Waals surface area contributed by atoms with E-state index in [0.717, 1.165) is 50.5 Å². The van der Waals surface area contributed by atoms with Crippen molar-refractivity contribution >= 4 is 17.5 Å². The van der Waals surface area contributed by atoms with Crippen LogP contribution in [0.4, 0.5) is 0 Å². The zero-order valence-electron chi connectivity index (χ0n) is 20.8. The Labute approximate surface area is 199 Å². The maximum absolute atomic E-state index is 13.7. The van der Waals surface area contributed by atoms with Crippen molar-refractivity contribution in [3.63, 3.8) is 0 Å². The predicted octanol–water partition coefficient (Wildman–Crippen LogP) is 6.24. The van der Waals surface area contributed by atoms with Crippen LogP contribution in [0.15, 0.2) is 18.2 Å². The van der Waals surface area contributed by atoms with Crippen molar-refractivity contribution < 1.29 is 24.2 Å². The summed E-state index contributed by atoms with van der Waals surface area (Å²) in [5, 5.41) is 11.1. The molecule has 0 heterocycles. The van der Waals surface area contributed by atoms with Crippen LogP contribution in [0.25, 0.3) is 0 Å². The monoisotopic (exact) mass is 458 g/mol. The number of carbonyl (C=O) groups is 3. The van der Waals surface area contributed by atoms with Gasteiger partial charge in [0.2, 0.25) is 0 Å². The van der Waals surface area contributed by atoms with Gasteiger partial charge in [0.25, 0.3) is 0 Å². The number of carbonyl (C=O) groups excluding carboxylic acids is 3. The minimum Gasteiger partial charge on any atom is -0.464 e. The molecule has 1 N–H and O–H groups in total. The summed E-state index contributed by atoms with van der Waals surface area (Å²) >= 11 is 0. The number of aliphatic hydroxyl groups excluding tert-OH is 1. The maximum Gasteiger partial charge on any atom is 0.336 e. The van der Waals surface area contributed by atoms with E-state index in [0.29, 0.717) is 30.4 Å². The highest BCUT2D eigenvalue weighted by atomic mass is 16.5. The average molecular weight is 459 g/mol. The molecule has 184 valence electrons. The summed E-state index contributed by atoms with van der Waals surface area (Å²) in [7, 11) is 0. The molecule has 0 saturated heterocycles. The molecule has 5 heteroatoms. The van der Waals surface area contributed by atoms with Crippen molar-refractivity contribution in [3.05, 3.63) is 34.9 Å². The van der Waals surface area contributed by atoms with Crippen molar-refractivity contribution in [2.24, 2.45) is 5.41 Å². The van der Waals surface area contributed by atoms with Gasteiger partial charge in [0.1, 0.15) is 5.41 Å². The molecule has 2 rings (SSSR count). The number of Topliss-reactive ketones (excluding diaryl/α,β-unsaturated/α-hetero) is 2. The molecule has 1 aliphatic rings. The Morgan fingerprint density at radius 3 is 2.12 bits per heavy atom. The van der Waals surface area contributed by atoms with Gasteiger partial charge in [-0.1, -0.05) is 103 Å². The second kappa shape index (κ2) is 13.6. The van der Waals surface area contributed by atoms with Crippen LogP contribution in [0.5, 0.6) is 0 Å². The number of aryl methyl sites for hydroxylation is 1. The molecular formula is C28H42O5. The zero-order chi connectivity index (χ0) is 24.3. The summed E-state index contributed by atoms with van der Waals surface area (Å²) in [6, 6.07) is 5.25. The summed E-state index contributed by atoms with van der Waals surface area (Å²) in [4.78, 5) is 40.0. The van der Waals surface area contributed by atoms with Gasteiger partial charge in [0, 0.05) is 11.1 Å². The van der Waals surface area contributed by atoms with Gasteiger partial charge in [-0.3, -0.25) is 9.59 Å². The lowest BCUT2D eigenvalue weighted by atomic mass is 9.73. The molecular weight excluding hydrogens is 416 g/mol. The number of ether oxygens (including phenoxy) is 1. The van der Waals surface area contributed by atoms with Crippen LogP contribution in [-0.2, 0) is 16.0 Å². The fourth-order valence-corrected chi connectivity index (χ4v) is 4.87. The Hall–Kier alpha value is -2.01. The second-order valence-corrected chi connectivity index (χ2v) is 9.32. The average Bonchev–Trinajstić information content (AvgIpc) is 3.05. The molecule has 0 radical (unpaired) electrons. The van der Waals surface area contributed by atoms with E-state index in [-0.39, 0.29) is 13.0 Å². The van der Waals surface area contributed by atoms with Crippen molar-refractivity contribution in [3.8, 4) is 0 Å². The topological polar surface area (TPSA) is 80.7 Å². The first-order valence-corrected chi connectivity index (χ1v) is 13.0. The third kappa shape index (κ3) is 6.32. The minimum atomic E-state index is -1.78. The molecule has 0 aliphatic heterocycles. The van der Waals surface area contributed by atoms with E-state index in [1.54, 1.807) is 12.1 Å². The Morgan fingerprint density at radius 1 is 0.879 bits per heavy atom. The third-order valence-electron chi connectivity index (χ3n) is 6.92. The van der Waals surface area contributed by atoms with Crippen LogP contribution >= 0.6 is 0 Å². The lowest BCUT2D eigenvalue weighted by Gasteiger charge is -2.30. The first-order chi connectivity index (χ1) is 15.9. The Kier molecular flexibility index (Phi) is 11.3. The van der Waals surface area contributed by atoms with Crippen LogP contribution in [0.3, 0.4) is 0 Å². The van der Waals surface area contributed by atoms with Gasteiger partial charge in [-0.25, -0.2) is 4.79 Å². The number of aliphatic hydroxyl groups is 1. The summed E-state index contributed by atoms with van der Waals surface area (Å²) < 4.78 is 5.35. The zero-order valence-corrected chi connectivity index (χ0v) is 20.8. The molecule has 5 nitrogen and oxygen atoms in total. The van der Waals surface area contributed by atoms with Crippen molar-refractivity contribution in [1.82, 2.24) is 0 Å². The summed E-state index contributed by atoms with van der Waals surface area (Å²) in [5.74, 6) is -1.71. The largest absolute Gasteiger partial charge is 0.464 e.